The van der Waals surface area contributed by atoms with Crippen LogP contribution in [0.5, 0.6) is 0 Å². The Morgan fingerprint density at radius 1 is 0.952 bits per heavy atom. The normalized spacial score (nSPS) is 11.4. The Balaban J connectivity index is 3.37. The highest BCUT2D eigenvalue weighted by molar-refractivity contribution is 5.97. The Bertz CT molecular complexity index is 686. The fraction of sp³-hybridized carbons (Fsp3) is 0.0667. The zero-order valence-corrected chi connectivity index (χ0v) is 11.0. The first kappa shape index (κ1) is 15.7. The van der Waals surface area contributed by atoms with Gasteiger partial charge in [0.15, 0.2) is 0 Å². The van der Waals surface area contributed by atoms with Gasteiger partial charge in [-0.05, 0) is 41.8 Å². The summed E-state index contributed by atoms with van der Waals surface area (Å²) < 4.78 is 0. The molecular formula is C15H10N2O4. The van der Waals surface area contributed by atoms with Gasteiger partial charge in [0.05, 0.1) is 0 Å². The number of carboxylic acids is 2. The summed E-state index contributed by atoms with van der Waals surface area (Å²) in [6.07, 6.45) is 2.36. The van der Waals surface area contributed by atoms with Crippen molar-refractivity contribution < 1.29 is 19.8 Å². The second-order valence-electron chi connectivity index (χ2n) is 4.13. The van der Waals surface area contributed by atoms with E-state index >= 15 is 0 Å². The van der Waals surface area contributed by atoms with Crippen LogP contribution >= 0.6 is 0 Å². The number of aliphatic carboxylic acids is 2. The van der Waals surface area contributed by atoms with E-state index in [1.54, 1.807) is 31.2 Å². The largest absolute Gasteiger partial charge is 0.477 e. The molecule has 0 saturated heterocycles. The number of nitriles is 2. The molecule has 0 radical (unpaired) electrons. The van der Waals surface area contributed by atoms with E-state index in [4.69, 9.17) is 20.7 Å². The van der Waals surface area contributed by atoms with E-state index in [1.807, 2.05) is 0 Å². The molecule has 104 valence electrons. The standard InChI is InChI=1S/C15H10N2O4/c1-9-2-10(5-12(7-16)14(18)19)4-11(3-9)6-13(8-17)15(20)21/h2-6H,1H3,(H,18,19)(H,20,21). The van der Waals surface area contributed by atoms with E-state index in [9.17, 15) is 9.59 Å². The molecule has 2 N–H and O–H groups in total. The zero-order valence-electron chi connectivity index (χ0n) is 11.0. The van der Waals surface area contributed by atoms with Crippen LogP contribution in [-0.2, 0) is 9.59 Å². The van der Waals surface area contributed by atoms with Crippen LogP contribution in [0, 0.1) is 29.6 Å². The molecule has 0 bridgehead atoms. The lowest BCUT2D eigenvalue weighted by Crippen LogP contribution is -1.98. The van der Waals surface area contributed by atoms with Crippen LogP contribution in [0.25, 0.3) is 12.2 Å². The number of hydrogen-bond donors (Lipinski definition) is 2. The van der Waals surface area contributed by atoms with E-state index in [-0.39, 0.29) is 0 Å². The van der Waals surface area contributed by atoms with Gasteiger partial charge in [-0.2, -0.15) is 10.5 Å². The summed E-state index contributed by atoms with van der Waals surface area (Å²) in [7, 11) is 0. The molecule has 0 spiro atoms. The Hall–Kier alpha value is -3.38. The molecule has 6 heteroatoms. The van der Waals surface area contributed by atoms with Gasteiger partial charge in [0.1, 0.15) is 23.3 Å². The van der Waals surface area contributed by atoms with Crippen molar-refractivity contribution in [2.24, 2.45) is 0 Å². The molecule has 0 saturated carbocycles. The Morgan fingerprint density at radius 2 is 1.33 bits per heavy atom. The summed E-state index contributed by atoms with van der Waals surface area (Å²) in [5, 5.41) is 35.1. The van der Waals surface area contributed by atoms with Crippen molar-refractivity contribution in [1.82, 2.24) is 0 Å². The average molecular weight is 282 g/mol. The molecule has 21 heavy (non-hydrogen) atoms. The monoisotopic (exact) mass is 282 g/mol. The van der Waals surface area contributed by atoms with E-state index < -0.39 is 23.1 Å². The molecule has 0 aliphatic heterocycles. The van der Waals surface area contributed by atoms with Crippen LogP contribution in [0.1, 0.15) is 16.7 Å². The number of carboxylic acid groups (broad SMARTS) is 2. The highest BCUT2D eigenvalue weighted by Crippen LogP contribution is 2.16. The number of carbonyl (C=O) groups is 2. The fourth-order valence-corrected chi connectivity index (χ4v) is 1.63. The summed E-state index contributed by atoms with van der Waals surface area (Å²) >= 11 is 0. The van der Waals surface area contributed by atoms with Gasteiger partial charge in [-0.15, -0.1) is 0 Å². The van der Waals surface area contributed by atoms with Gasteiger partial charge in [-0.1, -0.05) is 12.1 Å². The van der Waals surface area contributed by atoms with Crippen molar-refractivity contribution in [1.29, 1.82) is 10.5 Å². The quantitative estimate of drug-likeness (QED) is 0.643. The minimum absolute atomic E-state index is 0.433. The maximum Gasteiger partial charge on any atom is 0.346 e. The van der Waals surface area contributed by atoms with Crippen LogP contribution in [0.2, 0.25) is 0 Å². The highest BCUT2D eigenvalue weighted by Gasteiger charge is 2.08. The van der Waals surface area contributed by atoms with Crippen molar-refractivity contribution in [3.05, 3.63) is 46.0 Å². The van der Waals surface area contributed by atoms with Crippen molar-refractivity contribution in [2.45, 2.75) is 6.92 Å². The number of benzene rings is 1. The fourth-order valence-electron chi connectivity index (χ4n) is 1.63. The molecule has 0 aliphatic rings. The van der Waals surface area contributed by atoms with Crippen LogP contribution in [0.3, 0.4) is 0 Å². The zero-order chi connectivity index (χ0) is 16.0. The summed E-state index contributed by atoms with van der Waals surface area (Å²) in [5.41, 5.74) is 0.731. The minimum atomic E-state index is -1.35. The van der Waals surface area contributed by atoms with E-state index in [1.165, 1.54) is 18.2 Å². The third kappa shape index (κ3) is 4.34. The van der Waals surface area contributed by atoms with Crippen LogP contribution in [0.15, 0.2) is 29.3 Å². The lowest BCUT2D eigenvalue weighted by molar-refractivity contribution is -0.133. The van der Waals surface area contributed by atoms with E-state index in [0.29, 0.717) is 11.1 Å². The molecule has 0 aromatic heterocycles. The van der Waals surface area contributed by atoms with Gasteiger partial charge in [0.2, 0.25) is 0 Å². The molecule has 0 heterocycles. The first-order valence-electron chi connectivity index (χ1n) is 5.69. The Kier molecular flexibility index (Phi) is 4.99. The molecule has 1 rings (SSSR count). The second kappa shape index (κ2) is 6.69. The smallest absolute Gasteiger partial charge is 0.346 e. The van der Waals surface area contributed by atoms with Gasteiger partial charge in [0.25, 0.3) is 0 Å². The van der Waals surface area contributed by atoms with Crippen molar-refractivity contribution >= 4 is 24.1 Å². The molecule has 0 fully saturated rings. The first-order valence-corrected chi connectivity index (χ1v) is 5.69. The topological polar surface area (TPSA) is 122 Å². The van der Waals surface area contributed by atoms with Crippen molar-refractivity contribution in [3.63, 3.8) is 0 Å². The Morgan fingerprint density at radius 3 is 1.62 bits per heavy atom. The third-order valence-electron chi connectivity index (χ3n) is 2.45. The van der Waals surface area contributed by atoms with Gasteiger partial charge >= 0.3 is 11.9 Å². The minimum Gasteiger partial charge on any atom is -0.477 e. The van der Waals surface area contributed by atoms with E-state index in [0.717, 1.165) is 5.56 Å². The van der Waals surface area contributed by atoms with Gasteiger partial charge in [-0.25, -0.2) is 9.59 Å². The van der Waals surface area contributed by atoms with Crippen molar-refractivity contribution in [2.75, 3.05) is 0 Å². The molecule has 0 unspecified atom stereocenters. The molecule has 6 nitrogen and oxygen atoms in total. The molecule has 1 aromatic rings. The molecular weight excluding hydrogens is 272 g/mol. The molecule has 0 atom stereocenters. The van der Waals surface area contributed by atoms with Crippen LogP contribution in [-0.4, -0.2) is 22.2 Å². The van der Waals surface area contributed by atoms with Gasteiger partial charge in [-0.3, -0.25) is 0 Å². The maximum atomic E-state index is 10.8. The van der Waals surface area contributed by atoms with Crippen LogP contribution in [0.4, 0.5) is 0 Å². The maximum absolute atomic E-state index is 10.8. The Labute approximate surface area is 120 Å². The van der Waals surface area contributed by atoms with Crippen LogP contribution < -0.4 is 0 Å². The molecule has 0 aliphatic carbocycles. The number of aryl methyl sites for hydroxylation is 1. The summed E-state index contributed by atoms with van der Waals surface area (Å²) in [6.45, 7) is 1.73. The second-order valence-corrected chi connectivity index (χ2v) is 4.13. The number of rotatable bonds is 4. The lowest BCUT2D eigenvalue weighted by atomic mass is 10.0. The third-order valence-corrected chi connectivity index (χ3v) is 2.45. The average Bonchev–Trinajstić information content (AvgIpc) is 2.40. The van der Waals surface area contributed by atoms with E-state index in [2.05, 4.69) is 0 Å². The predicted octanol–water partition coefficient (Wildman–Crippen LogP) is 1.98. The molecule has 1 aromatic carbocycles. The highest BCUT2D eigenvalue weighted by atomic mass is 16.4. The SMILES string of the molecule is Cc1cc(C=C(C#N)C(=O)O)cc(C=C(C#N)C(=O)O)c1. The summed E-state index contributed by atoms with van der Waals surface area (Å²) in [4.78, 5) is 21.6. The number of nitrogens with zero attached hydrogens (tertiary/aromatic N) is 2. The van der Waals surface area contributed by atoms with Gasteiger partial charge < -0.3 is 10.2 Å². The first-order chi connectivity index (χ1) is 9.87. The summed E-state index contributed by atoms with van der Waals surface area (Å²) in [6, 6.07) is 7.90. The number of hydrogen-bond acceptors (Lipinski definition) is 4. The van der Waals surface area contributed by atoms with Gasteiger partial charge in [0, 0.05) is 0 Å². The van der Waals surface area contributed by atoms with Crippen molar-refractivity contribution in [3.8, 4) is 12.1 Å². The summed E-state index contributed by atoms with van der Waals surface area (Å²) in [5.74, 6) is -2.70. The predicted molar refractivity (Wildman–Crippen MR) is 73.6 cm³/mol. The molecule has 0 amide bonds. The lowest BCUT2D eigenvalue weighted by Gasteiger charge is -2.02.